The van der Waals surface area contributed by atoms with Gasteiger partial charge in [0, 0.05) is 55.6 Å². The first-order chi connectivity index (χ1) is 15.3. The summed E-state index contributed by atoms with van der Waals surface area (Å²) < 4.78 is 4.45. The second-order valence-electron chi connectivity index (χ2n) is 9.22. The van der Waals surface area contributed by atoms with E-state index in [9.17, 15) is 0 Å². The lowest BCUT2D eigenvalue weighted by Gasteiger charge is -2.39. The monoisotopic (exact) mass is 408 g/mol. The Morgan fingerprint density at radius 1 is 0.968 bits per heavy atom. The van der Waals surface area contributed by atoms with Gasteiger partial charge in [-0.3, -0.25) is 4.57 Å². The lowest BCUT2D eigenvalue weighted by Crippen LogP contribution is -2.54. The molecule has 1 N–H and O–H groups in total. The van der Waals surface area contributed by atoms with Gasteiger partial charge in [-0.1, -0.05) is 30.3 Å². The van der Waals surface area contributed by atoms with E-state index in [1.165, 1.54) is 34.5 Å². The predicted molar refractivity (Wildman–Crippen MR) is 121 cm³/mol. The molecule has 3 aliphatic heterocycles. The summed E-state index contributed by atoms with van der Waals surface area (Å²) in [6.07, 6.45) is 5.37. The van der Waals surface area contributed by atoms with Crippen LogP contribution in [0.4, 0.5) is 5.69 Å². The number of hydrogen-bond acceptors (Lipinski definition) is 4. The van der Waals surface area contributed by atoms with E-state index in [1.54, 1.807) is 0 Å². The number of nitrogens with zero attached hydrogens (tertiary/aromatic N) is 5. The third-order valence-electron chi connectivity index (χ3n) is 7.25. The first-order valence-corrected chi connectivity index (χ1v) is 11.0. The summed E-state index contributed by atoms with van der Waals surface area (Å²) in [5.74, 6) is 0.898. The molecule has 154 valence electrons. The Morgan fingerprint density at radius 3 is 2.68 bits per heavy atom. The number of hydrogen-bond donors (Lipinski definition) is 1. The molecule has 0 aliphatic carbocycles. The van der Waals surface area contributed by atoms with Crippen molar-refractivity contribution in [2.24, 2.45) is 5.41 Å². The van der Waals surface area contributed by atoms with Crippen molar-refractivity contribution in [1.82, 2.24) is 24.6 Å². The SMILES string of the molecule is c1ccc(-c2cc3n(c2)Cc2cc(N4CCC5(CNC5)C4)ccc2-n2cnnc2-3)cc1. The van der Waals surface area contributed by atoms with Crippen molar-refractivity contribution in [3.8, 4) is 28.3 Å². The highest BCUT2D eigenvalue weighted by atomic mass is 15.3. The van der Waals surface area contributed by atoms with Crippen molar-refractivity contribution in [2.45, 2.75) is 13.0 Å². The zero-order valence-corrected chi connectivity index (χ0v) is 17.3. The lowest BCUT2D eigenvalue weighted by atomic mass is 9.81. The summed E-state index contributed by atoms with van der Waals surface area (Å²) in [5.41, 5.74) is 7.84. The molecule has 0 amide bonds. The average molecular weight is 409 g/mol. The maximum atomic E-state index is 4.48. The topological polar surface area (TPSA) is 50.9 Å². The molecule has 6 nitrogen and oxygen atoms in total. The van der Waals surface area contributed by atoms with Crippen molar-refractivity contribution in [2.75, 3.05) is 31.1 Å². The van der Waals surface area contributed by atoms with Gasteiger partial charge < -0.3 is 14.8 Å². The van der Waals surface area contributed by atoms with Crippen LogP contribution < -0.4 is 10.2 Å². The number of rotatable bonds is 2. The van der Waals surface area contributed by atoms with Gasteiger partial charge in [-0.2, -0.15) is 0 Å². The van der Waals surface area contributed by atoms with E-state index in [1.807, 2.05) is 6.33 Å². The van der Waals surface area contributed by atoms with E-state index in [0.717, 1.165) is 44.2 Å². The highest BCUT2D eigenvalue weighted by Crippen LogP contribution is 2.39. The highest BCUT2D eigenvalue weighted by Gasteiger charge is 2.43. The fraction of sp³-hybridized carbons (Fsp3) is 0.280. The second-order valence-corrected chi connectivity index (χ2v) is 9.22. The highest BCUT2D eigenvalue weighted by molar-refractivity contribution is 5.72. The van der Waals surface area contributed by atoms with Gasteiger partial charge in [-0.25, -0.2) is 0 Å². The standard InChI is InChI=1S/C25H24N6/c1-2-4-18(5-3-1)19-11-23-24-28-27-17-31(24)22-7-6-21(10-20(22)13-30(23)12-19)29-9-8-25(16-29)14-26-15-25/h1-7,10-12,17,26H,8-9,13-16H2. The number of aromatic nitrogens is 4. The fourth-order valence-corrected chi connectivity index (χ4v) is 5.44. The molecule has 2 aromatic carbocycles. The molecule has 0 bridgehead atoms. The fourth-order valence-electron chi connectivity index (χ4n) is 5.44. The van der Waals surface area contributed by atoms with Crippen molar-refractivity contribution in [3.05, 3.63) is 72.7 Å². The minimum absolute atomic E-state index is 0.492. The van der Waals surface area contributed by atoms with Crippen LogP contribution in [0.15, 0.2) is 67.1 Å². The summed E-state index contributed by atoms with van der Waals surface area (Å²) in [6, 6.07) is 19.7. The van der Waals surface area contributed by atoms with Crippen molar-refractivity contribution in [3.63, 3.8) is 0 Å². The molecular weight excluding hydrogens is 384 g/mol. The molecule has 6 heteroatoms. The van der Waals surface area contributed by atoms with Gasteiger partial charge in [0.2, 0.25) is 0 Å². The zero-order chi connectivity index (χ0) is 20.4. The number of fused-ring (bicyclic) bond motifs is 5. The number of nitrogens with one attached hydrogen (secondary N) is 1. The molecule has 2 saturated heterocycles. The first-order valence-electron chi connectivity index (χ1n) is 11.0. The van der Waals surface area contributed by atoms with Gasteiger partial charge in [-0.05, 0) is 41.8 Å². The van der Waals surface area contributed by atoms with Gasteiger partial charge in [0.1, 0.15) is 6.33 Å². The maximum Gasteiger partial charge on any atom is 0.185 e. The van der Waals surface area contributed by atoms with Gasteiger partial charge in [0.25, 0.3) is 0 Å². The average Bonchev–Trinajstić information content (AvgIpc) is 3.51. The van der Waals surface area contributed by atoms with Gasteiger partial charge >= 0.3 is 0 Å². The van der Waals surface area contributed by atoms with E-state index >= 15 is 0 Å². The molecule has 2 aromatic heterocycles. The van der Waals surface area contributed by atoms with Crippen LogP contribution in [0.3, 0.4) is 0 Å². The molecule has 4 aromatic rings. The van der Waals surface area contributed by atoms with Crippen LogP contribution in [-0.4, -0.2) is 45.5 Å². The third kappa shape index (κ3) is 2.61. The minimum atomic E-state index is 0.492. The minimum Gasteiger partial charge on any atom is -0.371 e. The van der Waals surface area contributed by atoms with Crippen molar-refractivity contribution >= 4 is 5.69 Å². The summed E-state index contributed by atoms with van der Waals surface area (Å²) in [6.45, 7) is 5.45. The molecule has 1 spiro atoms. The van der Waals surface area contributed by atoms with E-state index in [4.69, 9.17) is 0 Å². The molecule has 0 radical (unpaired) electrons. The Kier molecular flexibility index (Phi) is 3.52. The largest absolute Gasteiger partial charge is 0.371 e. The Bertz CT molecular complexity index is 1280. The Hall–Kier alpha value is -3.38. The van der Waals surface area contributed by atoms with E-state index in [2.05, 4.69) is 90.3 Å². The second kappa shape index (κ2) is 6.31. The van der Waals surface area contributed by atoms with Crippen LogP contribution in [0.1, 0.15) is 12.0 Å². The van der Waals surface area contributed by atoms with Crippen LogP contribution in [0.2, 0.25) is 0 Å². The summed E-state index contributed by atoms with van der Waals surface area (Å²) in [5, 5.41) is 12.2. The maximum absolute atomic E-state index is 4.48. The molecule has 31 heavy (non-hydrogen) atoms. The summed E-state index contributed by atoms with van der Waals surface area (Å²) in [7, 11) is 0. The Balaban J connectivity index is 1.31. The van der Waals surface area contributed by atoms with Gasteiger partial charge in [-0.15, -0.1) is 10.2 Å². The van der Waals surface area contributed by atoms with Crippen LogP contribution >= 0.6 is 0 Å². The Labute approximate surface area is 181 Å². The third-order valence-corrected chi connectivity index (χ3v) is 7.25. The molecule has 0 unspecified atom stereocenters. The van der Waals surface area contributed by atoms with Gasteiger partial charge in [0.15, 0.2) is 5.82 Å². The van der Waals surface area contributed by atoms with E-state index in [-0.39, 0.29) is 0 Å². The lowest BCUT2D eigenvalue weighted by molar-refractivity contribution is 0.200. The molecule has 0 atom stereocenters. The van der Waals surface area contributed by atoms with E-state index < -0.39 is 0 Å². The van der Waals surface area contributed by atoms with Crippen LogP contribution in [0.25, 0.3) is 28.3 Å². The Morgan fingerprint density at radius 2 is 1.87 bits per heavy atom. The van der Waals surface area contributed by atoms with E-state index in [0.29, 0.717) is 5.41 Å². The molecule has 0 saturated carbocycles. The number of anilines is 1. The molecule has 3 aliphatic rings. The molecule has 5 heterocycles. The van der Waals surface area contributed by atoms with Crippen LogP contribution in [-0.2, 0) is 6.54 Å². The molecule has 7 rings (SSSR count). The van der Waals surface area contributed by atoms with Gasteiger partial charge in [0.05, 0.1) is 11.4 Å². The van der Waals surface area contributed by atoms with Crippen molar-refractivity contribution < 1.29 is 0 Å². The molecule has 2 fully saturated rings. The number of benzene rings is 2. The smallest absolute Gasteiger partial charge is 0.185 e. The quantitative estimate of drug-likeness (QED) is 0.485. The summed E-state index contributed by atoms with van der Waals surface area (Å²) >= 11 is 0. The first kappa shape index (κ1) is 17.3. The van der Waals surface area contributed by atoms with Crippen LogP contribution in [0, 0.1) is 5.41 Å². The van der Waals surface area contributed by atoms with Crippen LogP contribution in [0.5, 0.6) is 0 Å². The predicted octanol–water partition coefficient (Wildman–Crippen LogP) is 3.56. The zero-order valence-electron chi connectivity index (χ0n) is 17.3. The molecular formula is C25H24N6. The van der Waals surface area contributed by atoms with Crippen molar-refractivity contribution in [1.29, 1.82) is 0 Å². The normalized spacial score (nSPS) is 18.3. The summed E-state index contributed by atoms with van der Waals surface area (Å²) in [4.78, 5) is 2.56.